The Kier molecular flexibility index (Phi) is 10.3. The molecule has 0 aliphatic carbocycles. The second-order valence-electron chi connectivity index (χ2n) is 7.46. The molecule has 0 heterocycles. The summed E-state index contributed by atoms with van der Waals surface area (Å²) in [7, 11) is -2.20. The molecule has 3 aromatic rings. The third-order valence-corrected chi connectivity index (χ3v) is 6.78. The summed E-state index contributed by atoms with van der Waals surface area (Å²) in [6.07, 6.45) is 3.83. The molecule has 0 saturated carbocycles. The zero-order valence-electron chi connectivity index (χ0n) is 20.1. The van der Waals surface area contributed by atoms with Crippen LogP contribution in [0.4, 0.5) is 5.69 Å². The van der Waals surface area contributed by atoms with Crippen LogP contribution < -0.4 is 9.46 Å². The van der Waals surface area contributed by atoms with Crippen molar-refractivity contribution in [1.82, 2.24) is 0 Å². The predicted molar refractivity (Wildman–Crippen MR) is 140 cm³/mol. The number of nitrogens with one attached hydrogen (secondary N) is 1. The van der Waals surface area contributed by atoms with Crippen molar-refractivity contribution in [2.75, 3.05) is 11.8 Å². The van der Waals surface area contributed by atoms with Gasteiger partial charge in [0.25, 0.3) is 10.0 Å². The Hall–Kier alpha value is -2.50. The minimum atomic E-state index is -3.76. The Bertz CT molecular complexity index is 1130. The van der Waals surface area contributed by atoms with Crippen LogP contribution in [0, 0.1) is 0 Å². The fourth-order valence-electron chi connectivity index (χ4n) is 3.59. The van der Waals surface area contributed by atoms with Gasteiger partial charge in [-0.1, -0.05) is 76.4 Å². The molecule has 4 nitrogen and oxygen atoms in total. The zero-order chi connectivity index (χ0) is 24.4. The summed E-state index contributed by atoms with van der Waals surface area (Å²) in [4.78, 5) is 0.196. The highest BCUT2D eigenvalue weighted by atomic mass is 35.5. The summed E-state index contributed by atoms with van der Waals surface area (Å²) >= 11 is 5.95. The first kappa shape index (κ1) is 26.7. The Morgan fingerprint density at radius 1 is 0.818 bits per heavy atom. The lowest BCUT2D eigenvalue weighted by Crippen LogP contribution is -2.14. The second-order valence-corrected chi connectivity index (χ2v) is 9.58. The summed E-state index contributed by atoms with van der Waals surface area (Å²) in [5.41, 5.74) is 4.71. The average Bonchev–Trinajstić information content (AvgIpc) is 2.82. The first-order chi connectivity index (χ1) is 15.9. The van der Waals surface area contributed by atoms with Gasteiger partial charge >= 0.3 is 0 Å². The molecule has 0 fully saturated rings. The number of hydrogen-bond donors (Lipinski definition) is 1. The van der Waals surface area contributed by atoms with Crippen molar-refractivity contribution in [3.8, 4) is 16.9 Å². The zero-order valence-corrected chi connectivity index (χ0v) is 21.7. The number of aryl methyl sites for hydroxylation is 2. The molecule has 33 heavy (non-hydrogen) atoms. The lowest BCUT2D eigenvalue weighted by Gasteiger charge is -2.17. The van der Waals surface area contributed by atoms with Gasteiger partial charge in [0.15, 0.2) is 0 Å². The van der Waals surface area contributed by atoms with E-state index in [0.717, 1.165) is 42.4 Å². The number of anilines is 1. The van der Waals surface area contributed by atoms with Gasteiger partial charge in [-0.3, -0.25) is 4.72 Å². The summed E-state index contributed by atoms with van der Waals surface area (Å²) in [5.74, 6) is 0.532. The number of ether oxygens (including phenoxy) is 1. The molecule has 0 saturated heterocycles. The second kappa shape index (κ2) is 12.7. The van der Waals surface area contributed by atoms with E-state index in [1.807, 2.05) is 50.2 Å². The highest BCUT2D eigenvalue weighted by Crippen LogP contribution is 2.32. The molecule has 0 aromatic heterocycles. The molecule has 1 N–H and O–H groups in total. The van der Waals surface area contributed by atoms with Crippen molar-refractivity contribution in [3.05, 3.63) is 76.8 Å². The summed E-state index contributed by atoms with van der Waals surface area (Å²) in [6, 6.07) is 18.1. The first-order valence-electron chi connectivity index (χ1n) is 11.5. The molecule has 0 radical (unpaired) electrons. The normalized spacial score (nSPS) is 10.8. The largest absolute Gasteiger partial charge is 0.495 e. The lowest BCUT2D eigenvalue weighted by molar-refractivity contribution is 0.416. The van der Waals surface area contributed by atoms with Gasteiger partial charge in [-0.15, -0.1) is 0 Å². The van der Waals surface area contributed by atoms with Gasteiger partial charge in [-0.2, -0.15) is 0 Å². The van der Waals surface area contributed by atoms with Crippen LogP contribution in [-0.4, -0.2) is 15.5 Å². The quantitative estimate of drug-likeness (QED) is 0.335. The monoisotopic (exact) mass is 487 g/mol. The molecule has 0 aliphatic rings. The molecule has 3 aromatic carbocycles. The highest BCUT2D eigenvalue weighted by molar-refractivity contribution is 7.92. The minimum absolute atomic E-state index is 0.196. The van der Waals surface area contributed by atoms with Gasteiger partial charge in [0.2, 0.25) is 0 Å². The summed E-state index contributed by atoms with van der Waals surface area (Å²) < 4.78 is 34.3. The maximum Gasteiger partial charge on any atom is 0.262 e. The maximum atomic E-state index is 13.1. The number of hydrogen-bond acceptors (Lipinski definition) is 3. The molecule has 178 valence electrons. The van der Waals surface area contributed by atoms with E-state index in [1.165, 1.54) is 5.56 Å². The third-order valence-electron chi connectivity index (χ3n) is 5.15. The van der Waals surface area contributed by atoms with Crippen LogP contribution in [0.1, 0.15) is 51.7 Å². The molecule has 0 amide bonds. The van der Waals surface area contributed by atoms with Crippen LogP contribution in [0.15, 0.2) is 65.6 Å². The van der Waals surface area contributed by atoms with Crippen molar-refractivity contribution in [2.24, 2.45) is 0 Å². The summed E-state index contributed by atoms with van der Waals surface area (Å²) in [5, 5.41) is 0.661. The SMILES string of the molecule is CC.CCCc1cc(NS(=O)(=O)c2ccc(-c3ccc(Cl)cc3)cc2)c(OC)cc1CCC. The van der Waals surface area contributed by atoms with Crippen molar-refractivity contribution in [3.63, 3.8) is 0 Å². The Labute approximate surface area is 204 Å². The molecule has 0 spiro atoms. The first-order valence-corrected chi connectivity index (χ1v) is 13.3. The van der Waals surface area contributed by atoms with E-state index in [1.54, 1.807) is 31.4 Å². The van der Waals surface area contributed by atoms with Gasteiger partial charge in [-0.05, 0) is 71.5 Å². The molecule has 0 bridgehead atoms. The van der Waals surface area contributed by atoms with Crippen molar-refractivity contribution in [2.45, 2.75) is 58.3 Å². The van der Waals surface area contributed by atoms with E-state index in [9.17, 15) is 8.42 Å². The number of sulfonamides is 1. The molecular formula is C27H34ClNO3S. The highest BCUT2D eigenvalue weighted by Gasteiger charge is 2.18. The molecule has 3 rings (SSSR count). The number of halogens is 1. The van der Waals surface area contributed by atoms with Crippen LogP contribution in [0.3, 0.4) is 0 Å². The maximum absolute atomic E-state index is 13.1. The van der Waals surface area contributed by atoms with Gasteiger partial charge in [0.1, 0.15) is 5.75 Å². The van der Waals surface area contributed by atoms with Crippen LogP contribution in [0.25, 0.3) is 11.1 Å². The standard InChI is InChI=1S/C25H28ClNO3S.C2H6/c1-4-6-20-16-24(25(30-3)17-21(20)7-5-2)27-31(28,29)23-14-10-19(11-15-23)18-8-12-22(26)13-9-18;1-2/h8-17,27H,4-7H2,1-3H3;1-2H3. The molecule has 0 atom stereocenters. The Morgan fingerprint density at radius 2 is 1.30 bits per heavy atom. The van der Waals surface area contributed by atoms with Crippen molar-refractivity contribution >= 4 is 27.3 Å². The summed E-state index contributed by atoms with van der Waals surface area (Å²) in [6.45, 7) is 8.25. The lowest BCUT2D eigenvalue weighted by atomic mass is 9.98. The predicted octanol–water partition coefficient (Wildman–Crippen LogP) is 7.75. The van der Waals surface area contributed by atoms with E-state index in [2.05, 4.69) is 18.6 Å². The molecule has 0 unspecified atom stereocenters. The fraction of sp³-hybridized carbons (Fsp3) is 0.333. The van der Waals surface area contributed by atoms with Gasteiger partial charge < -0.3 is 4.74 Å². The van der Waals surface area contributed by atoms with Crippen LogP contribution >= 0.6 is 11.6 Å². The topological polar surface area (TPSA) is 55.4 Å². The number of methoxy groups -OCH3 is 1. The van der Waals surface area contributed by atoms with Gasteiger partial charge in [-0.25, -0.2) is 8.42 Å². The van der Waals surface area contributed by atoms with Crippen LogP contribution in [0.5, 0.6) is 5.75 Å². The van der Waals surface area contributed by atoms with Crippen molar-refractivity contribution in [1.29, 1.82) is 0 Å². The molecular weight excluding hydrogens is 454 g/mol. The van der Waals surface area contributed by atoms with Crippen LogP contribution in [-0.2, 0) is 22.9 Å². The van der Waals surface area contributed by atoms with Gasteiger partial charge in [0.05, 0.1) is 17.7 Å². The van der Waals surface area contributed by atoms with Crippen molar-refractivity contribution < 1.29 is 13.2 Å². The van der Waals surface area contributed by atoms with E-state index in [-0.39, 0.29) is 4.90 Å². The average molecular weight is 488 g/mol. The molecule has 0 aliphatic heterocycles. The van der Waals surface area contributed by atoms with E-state index in [0.29, 0.717) is 16.5 Å². The minimum Gasteiger partial charge on any atom is -0.495 e. The smallest absolute Gasteiger partial charge is 0.262 e. The third kappa shape index (κ3) is 6.99. The molecule has 6 heteroatoms. The van der Waals surface area contributed by atoms with Crippen LogP contribution in [0.2, 0.25) is 5.02 Å². The van der Waals surface area contributed by atoms with Gasteiger partial charge in [0, 0.05) is 5.02 Å². The Balaban J connectivity index is 0.00000187. The van der Waals surface area contributed by atoms with E-state index < -0.39 is 10.0 Å². The Morgan fingerprint density at radius 3 is 1.79 bits per heavy atom. The van der Waals surface area contributed by atoms with E-state index in [4.69, 9.17) is 16.3 Å². The number of rotatable bonds is 9. The fourth-order valence-corrected chi connectivity index (χ4v) is 4.78. The van der Waals surface area contributed by atoms with E-state index >= 15 is 0 Å². The number of benzene rings is 3.